The lowest BCUT2D eigenvalue weighted by Gasteiger charge is -2.09. The highest BCUT2D eigenvalue weighted by Gasteiger charge is 2.30. The van der Waals surface area contributed by atoms with Crippen LogP contribution in [-0.2, 0) is 6.18 Å². The van der Waals surface area contributed by atoms with Crippen LogP contribution >= 0.6 is 27.5 Å². The van der Waals surface area contributed by atoms with Crippen LogP contribution < -0.4 is 0 Å². The van der Waals surface area contributed by atoms with Crippen molar-refractivity contribution >= 4 is 33.3 Å². The second-order valence-corrected chi connectivity index (χ2v) is 7.04. The van der Waals surface area contributed by atoms with Gasteiger partial charge in [-0.25, -0.2) is 9.97 Å². The number of hydrogen-bond acceptors (Lipinski definition) is 2. The molecule has 0 aliphatic heterocycles. The van der Waals surface area contributed by atoms with Gasteiger partial charge < -0.3 is 0 Å². The lowest BCUT2D eigenvalue weighted by atomic mass is 10.1. The van der Waals surface area contributed by atoms with Gasteiger partial charge in [0.1, 0.15) is 10.3 Å². The van der Waals surface area contributed by atoms with Crippen molar-refractivity contribution in [1.82, 2.24) is 14.4 Å². The van der Waals surface area contributed by atoms with Gasteiger partial charge in [-0.2, -0.15) is 13.2 Å². The summed E-state index contributed by atoms with van der Waals surface area (Å²) >= 11 is 9.43. The fourth-order valence-electron chi connectivity index (χ4n) is 2.72. The molecule has 0 radical (unpaired) electrons. The van der Waals surface area contributed by atoms with E-state index < -0.39 is 11.7 Å². The number of benzene rings is 2. The van der Waals surface area contributed by atoms with E-state index in [1.807, 2.05) is 12.1 Å². The Morgan fingerprint density at radius 1 is 0.963 bits per heavy atom. The summed E-state index contributed by atoms with van der Waals surface area (Å²) in [4.78, 5) is 8.77. The number of aromatic nitrogens is 3. The third-order valence-corrected chi connectivity index (χ3v) is 5.07. The van der Waals surface area contributed by atoms with Gasteiger partial charge in [0.2, 0.25) is 5.78 Å². The number of alkyl halides is 3. The minimum absolute atomic E-state index is 0.424. The molecule has 136 valence electrons. The van der Waals surface area contributed by atoms with Gasteiger partial charge in [-0.05, 0) is 45.8 Å². The molecule has 2 aromatic carbocycles. The summed E-state index contributed by atoms with van der Waals surface area (Å²) in [5, 5.41) is 0.614. The standard InChI is InChI=1S/C19H10BrClF3N3/c20-17-16(11-4-6-15(21)7-5-11)26-18-25-9-13(10-27(17)18)12-2-1-3-14(8-12)19(22,23)24/h1-10H. The molecule has 0 saturated heterocycles. The lowest BCUT2D eigenvalue weighted by Crippen LogP contribution is -2.04. The van der Waals surface area contributed by atoms with Crippen LogP contribution in [-0.4, -0.2) is 14.4 Å². The van der Waals surface area contributed by atoms with Crippen molar-refractivity contribution in [3.05, 3.63) is 76.1 Å². The lowest BCUT2D eigenvalue weighted by molar-refractivity contribution is -0.137. The van der Waals surface area contributed by atoms with Crippen molar-refractivity contribution in [1.29, 1.82) is 0 Å². The van der Waals surface area contributed by atoms with Gasteiger partial charge in [0.25, 0.3) is 0 Å². The molecule has 2 heterocycles. The summed E-state index contributed by atoms with van der Waals surface area (Å²) < 4.78 is 41.3. The topological polar surface area (TPSA) is 30.2 Å². The Balaban J connectivity index is 1.81. The Bertz CT molecular complexity index is 1140. The summed E-state index contributed by atoms with van der Waals surface area (Å²) in [5.74, 6) is 0.433. The molecule has 27 heavy (non-hydrogen) atoms. The van der Waals surface area contributed by atoms with E-state index in [1.54, 1.807) is 28.8 Å². The third-order valence-electron chi connectivity index (χ3n) is 4.06. The molecule has 0 saturated carbocycles. The van der Waals surface area contributed by atoms with Crippen molar-refractivity contribution in [3.8, 4) is 22.4 Å². The molecule has 4 rings (SSSR count). The summed E-state index contributed by atoms with van der Waals surface area (Å²) in [6.45, 7) is 0. The van der Waals surface area contributed by atoms with Crippen molar-refractivity contribution in [2.45, 2.75) is 6.18 Å². The normalized spacial score (nSPS) is 11.9. The van der Waals surface area contributed by atoms with Crippen molar-refractivity contribution in [2.75, 3.05) is 0 Å². The van der Waals surface area contributed by atoms with Gasteiger partial charge in [0, 0.05) is 28.5 Å². The van der Waals surface area contributed by atoms with Gasteiger partial charge in [0.15, 0.2) is 0 Å². The Labute approximate surface area is 165 Å². The first-order valence-electron chi connectivity index (χ1n) is 7.80. The van der Waals surface area contributed by atoms with E-state index in [2.05, 4.69) is 25.9 Å². The Hall–Kier alpha value is -2.38. The maximum atomic E-state index is 13.0. The van der Waals surface area contributed by atoms with Gasteiger partial charge in [-0.15, -0.1) is 0 Å². The van der Waals surface area contributed by atoms with Crippen LogP contribution in [0.25, 0.3) is 28.2 Å². The Kier molecular flexibility index (Phi) is 4.44. The van der Waals surface area contributed by atoms with Crippen LogP contribution in [0.5, 0.6) is 0 Å². The van der Waals surface area contributed by atoms with Crippen molar-refractivity contribution in [2.24, 2.45) is 0 Å². The zero-order valence-corrected chi connectivity index (χ0v) is 15.8. The number of halogens is 5. The van der Waals surface area contributed by atoms with Crippen molar-refractivity contribution in [3.63, 3.8) is 0 Å². The molecule has 0 amide bonds. The van der Waals surface area contributed by atoms with Gasteiger partial charge in [0.05, 0.1) is 5.56 Å². The highest BCUT2D eigenvalue weighted by molar-refractivity contribution is 9.10. The van der Waals surface area contributed by atoms with E-state index in [1.165, 1.54) is 12.3 Å². The predicted molar refractivity (Wildman–Crippen MR) is 102 cm³/mol. The van der Waals surface area contributed by atoms with E-state index in [0.717, 1.165) is 17.7 Å². The summed E-state index contributed by atoms with van der Waals surface area (Å²) in [7, 11) is 0. The molecule has 0 spiro atoms. The molecule has 8 heteroatoms. The summed E-state index contributed by atoms with van der Waals surface area (Å²) in [6.07, 6.45) is -1.19. The third kappa shape index (κ3) is 3.44. The highest BCUT2D eigenvalue weighted by atomic mass is 79.9. The minimum atomic E-state index is -4.40. The van der Waals surface area contributed by atoms with Crippen LogP contribution in [0.15, 0.2) is 65.5 Å². The maximum Gasteiger partial charge on any atom is 0.416 e. The molecule has 4 aromatic rings. The van der Waals surface area contributed by atoms with E-state index in [-0.39, 0.29) is 0 Å². The smallest absolute Gasteiger partial charge is 0.277 e. The summed E-state index contributed by atoms with van der Waals surface area (Å²) in [5.41, 5.74) is 1.78. The number of rotatable bonds is 2. The zero-order chi connectivity index (χ0) is 19.2. The first-order chi connectivity index (χ1) is 12.8. The van der Waals surface area contributed by atoms with Crippen LogP contribution in [0.4, 0.5) is 13.2 Å². The minimum Gasteiger partial charge on any atom is -0.277 e. The van der Waals surface area contributed by atoms with E-state index in [0.29, 0.717) is 32.2 Å². The highest BCUT2D eigenvalue weighted by Crippen LogP contribution is 2.33. The Morgan fingerprint density at radius 2 is 1.70 bits per heavy atom. The average Bonchev–Trinajstić information content (AvgIpc) is 2.98. The monoisotopic (exact) mass is 451 g/mol. The van der Waals surface area contributed by atoms with Crippen LogP contribution in [0.2, 0.25) is 5.02 Å². The van der Waals surface area contributed by atoms with Gasteiger partial charge in [-0.1, -0.05) is 35.9 Å². The van der Waals surface area contributed by atoms with E-state index in [4.69, 9.17) is 11.6 Å². The molecule has 0 aliphatic carbocycles. The fourth-order valence-corrected chi connectivity index (χ4v) is 3.43. The number of fused-ring (bicyclic) bond motifs is 1. The van der Waals surface area contributed by atoms with Gasteiger partial charge >= 0.3 is 6.18 Å². The molecule has 2 aromatic heterocycles. The van der Waals surface area contributed by atoms with Gasteiger partial charge in [-0.3, -0.25) is 4.40 Å². The second-order valence-electron chi connectivity index (χ2n) is 5.85. The number of imidazole rings is 1. The van der Waals surface area contributed by atoms with E-state index in [9.17, 15) is 13.2 Å². The first-order valence-corrected chi connectivity index (χ1v) is 8.97. The number of nitrogens with zero attached hydrogens (tertiary/aromatic N) is 3. The molecule has 0 aliphatic rings. The zero-order valence-electron chi connectivity index (χ0n) is 13.5. The van der Waals surface area contributed by atoms with E-state index >= 15 is 0 Å². The van der Waals surface area contributed by atoms with Crippen molar-refractivity contribution < 1.29 is 13.2 Å². The summed E-state index contributed by atoms with van der Waals surface area (Å²) in [6, 6.07) is 12.3. The molecule has 0 bridgehead atoms. The van der Waals surface area contributed by atoms with Crippen LogP contribution in [0.3, 0.4) is 0 Å². The molecule has 0 fully saturated rings. The second kappa shape index (κ2) is 6.65. The van der Waals surface area contributed by atoms with Crippen LogP contribution in [0.1, 0.15) is 5.56 Å². The molecule has 0 atom stereocenters. The average molecular weight is 453 g/mol. The largest absolute Gasteiger partial charge is 0.416 e. The molecule has 0 unspecified atom stereocenters. The Morgan fingerprint density at radius 3 is 2.41 bits per heavy atom. The molecular formula is C19H10BrClF3N3. The molecule has 0 N–H and O–H groups in total. The SMILES string of the molecule is FC(F)(F)c1cccc(-c2cnc3nc(-c4ccc(Cl)cc4)c(Br)n3c2)c1. The quantitative estimate of drug-likeness (QED) is 0.348. The molecular weight excluding hydrogens is 443 g/mol. The maximum absolute atomic E-state index is 13.0. The fraction of sp³-hybridized carbons (Fsp3) is 0.0526. The molecule has 3 nitrogen and oxygen atoms in total. The predicted octanol–water partition coefficient (Wildman–Crippen LogP) is 6.50. The first kappa shape index (κ1) is 18.0. The van der Waals surface area contributed by atoms with Crippen LogP contribution in [0, 0.1) is 0 Å². The number of hydrogen-bond donors (Lipinski definition) is 0.